The number of sulfonamides is 1. The number of anilines is 1. The van der Waals surface area contributed by atoms with Crippen molar-refractivity contribution in [3.8, 4) is 0 Å². The molecule has 0 aliphatic carbocycles. The molecule has 1 aliphatic rings. The number of carbonyl (C=O) groups is 1. The molecule has 0 radical (unpaired) electrons. The number of methoxy groups -OCH3 is 1. The normalized spacial score (nSPS) is 22.2. The van der Waals surface area contributed by atoms with Crippen LogP contribution < -0.4 is 15.8 Å². The van der Waals surface area contributed by atoms with E-state index in [9.17, 15) is 13.2 Å². The van der Waals surface area contributed by atoms with Gasteiger partial charge in [0.2, 0.25) is 15.9 Å². The Morgan fingerprint density at radius 3 is 2.76 bits per heavy atom. The number of carbonyl (C=O) groups excluding carboxylic acids is 1. The van der Waals surface area contributed by atoms with Crippen LogP contribution in [0.3, 0.4) is 0 Å². The van der Waals surface area contributed by atoms with Crippen LogP contribution >= 0.6 is 0 Å². The summed E-state index contributed by atoms with van der Waals surface area (Å²) < 4.78 is 27.9. The SMILES string of the molecule is COC1CNC(C(=O)Nc2cc(S(N)(=O)=O)ccc2C)C1. The molecule has 116 valence electrons. The van der Waals surface area contributed by atoms with Crippen molar-refractivity contribution in [3.05, 3.63) is 23.8 Å². The van der Waals surface area contributed by atoms with Crippen LogP contribution in [0, 0.1) is 6.92 Å². The Balaban J connectivity index is 2.14. The predicted molar refractivity (Wildman–Crippen MR) is 78.4 cm³/mol. The van der Waals surface area contributed by atoms with Gasteiger partial charge in [-0.1, -0.05) is 6.07 Å². The number of hydrogen-bond acceptors (Lipinski definition) is 5. The van der Waals surface area contributed by atoms with Crippen molar-refractivity contribution in [2.24, 2.45) is 5.14 Å². The van der Waals surface area contributed by atoms with Gasteiger partial charge in [-0.2, -0.15) is 0 Å². The lowest BCUT2D eigenvalue weighted by molar-refractivity contribution is -0.118. The highest BCUT2D eigenvalue weighted by atomic mass is 32.2. The summed E-state index contributed by atoms with van der Waals surface area (Å²) in [7, 11) is -2.19. The highest BCUT2D eigenvalue weighted by molar-refractivity contribution is 7.89. The maximum atomic E-state index is 12.2. The molecular formula is C13H19N3O4S. The minimum Gasteiger partial charge on any atom is -0.380 e. The molecule has 1 aliphatic heterocycles. The zero-order valence-electron chi connectivity index (χ0n) is 11.9. The van der Waals surface area contributed by atoms with E-state index in [0.29, 0.717) is 18.7 Å². The van der Waals surface area contributed by atoms with Crippen LogP contribution in [0.5, 0.6) is 0 Å². The molecule has 0 aromatic heterocycles. The Labute approximate surface area is 123 Å². The van der Waals surface area contributed by atoms with E-state index in [-0.39, 0.29) is 22.9 Å². The van der Waals surface area contributed by atoms with Crippen molar-refractivity contribution in [3.63, 3.8) is 0 Å². The molecule has 4 N–H and O–H groups in total. The standard InChI is InChI=1S/C13H19N3O4S/c1-8-3-4-10(21(14,18)19)6-11(8)16-13(17)12-5-9(20-2)7-15-12/h3-4,6,9,12,15H,5,7H2,1-2H3,(H,16,17)(H2,14,18,19). The molecule has 0 bridgehead atoms. The summed E-state index contributed by atoms with van der Waals surface area (Å²) in [6.07, 6.45) is 0.591. The molecule has 1 amide bonds. The van der Waals surface area contributed by atoms with Crippen LogP contribution in [0.1, 0.15) is 12.0 Å². The quantitative estimate of drug-likeness (QED) is 0.722. The van der Waals surface area contributed by atoms with Crippen LogP contribution in [0.2, 0.25) is 0 Å². The number of hydrogen-bond donors (Lipinski definition) is 3. The van der Waals surface area contributed by atoms with Crippen LogP contribution in [0.15, 0.2) is 23.1 Å². The number of nitrogens with one attached hydrogen (secondary N) is 2. The third-order valence-corrected chi connectivity index (χ3v) is 4.45. The lowest BCUT2D eigenvalue weighted by Gasteiger charge is -2.14. The molecule has 2 rings (SSSR count). The fourth-order valence-electron chi connectivity index (χ4n) is 2.22. The average Bonchev–Trinajstić information content (AvgIpc) is 2.88. The second-order valence-corrected chi connectivity index (χ2v) is 6.63. The lowest BCUT2D eigenvalue weighted by atomic mass is 10.1. The lowest BCUT2D eigenvalue weighted by Crippen LogP contribution is -2.35. The summed E-state index contributed by atoms with van der Waals surface area (Å²) in [4.78, 5) is 12.1. The van der Waals surface area contributed by atoms with Gasteiger partial charge in [-0.05, 0) is 31.0 Å². The summed E-state index contributed by atoms with van der Waals surface area (Å²) in [5.41, 5.74) is 1.20. The Bertz CT molecular complexity index is 645. The zero-order chi connectivity index (χ0) is 15.6. The van der Waals surface area contributed by atoms with Gasteiger partial charge in [0.25, 0.3) is 0 Å². The fourth-order valence-corrected chi connectivity index (χ4v) is 2.76. The van der Waals surface area contributed by atoms with Gasteiger partial charge in [0, 0.05) is 19.3 Å². The number of amides is 1. The van der Waals surface area contributed by atoms with E-state index in [1.807, 2.05) is 0 Å². The molecule has 0 saturated carbocycles. The van der Waals surface area contributed by atoms with Gasteiger partial charge in [0.05, 0.1) is 17.0 Å². The number of rotatable bonds is 4. The van der Waals surface area contributed by atoms with E-state index in [2.05, 4.69) is 10.6 Å². The van der Waals surface area contributed by atoms with Crippen molar-refractivity contribution >= 4 is 21.6 Å². The van der Waals surface area contributed by atoms with E-state index >= 15 is 0 Å². The first-order valence-electron chi connectivity index (χ1n) is 6.51. The first-order valence-corrected chi connectivity index (χ1v) is 8.06. The molecule has 1 heterocycles. The summed E-state index contributed by atoms with van der Waals surface area (Å²) >= 11 is 0. The van der Waals surface area contributed by atoms with Gasteiger partial charge in [-0.3, -0.25) is 4.79 Å². The smallest absolute Gasteiger partial charge is 0.241 e. The molecule has 1 aromatic rings. The second-order valence-electron chi connectivity index (χ2n) is 5.07. The number of ether oxygens (including phenoxy) is 1. The molecule has 2 unspecified atom stereocenters. The van der Waals surface area contributed by atoms with E-state index < -0.39 is 10.0 Å². The minimum absolute atomic E-state index is 0.0117. The summed E-state index contributed by atoms with van der Waals surface area (Å²) in [6, 6.07) is 4.03. The predicted octanol–water partition coefficient (Wildman–Crippen LogP) is -0.0422. The Morgan fingerprint density at radius 2 is 2.19 bits per heavy atom. The fraction of sp³-hybridized carbons (Fsp3) is 0.462. The molecule has 1 saturated heterocycles. The summed E-state index contributed by atoms with van der Waals surface area (Å²) in [5.74, 6) is -0.218. The first-order chi connectivity index (χ1) is 9.81. The van der Waals surface area contributed by atoms with Gasteiger partial charge >= 0.3 is 0 Å². The van der Waals surface area contributed by atoms with E-state index in [1.165, 1.54) is 12.1 Å². The molecule has 0 spiro atoms. The highest BCUT2D eigenvalue weighted by Gasteiger charge is 2.29. The van der Waals surface area contributed by atoms with Gasteiger partial charge in [0.15, 0.2) is 0 Å². The molecule has 2 atom stereocenters. The zero-order valence-corrected chi connectivity index (χ0v) is 12.7. The van der Waals surface area contributed by atoms with Crippen molar-refractivity contribution in [2.45, 2.75) is 30.4 Å². The van der Waals surface area contributed by atoms with Gasteiger partial charge < -0.3 is 15.4 Å². The highest BCUT2D eigenvalue weighted by Crippen LogP contribution is 2.20. The van der Waals surface area contributed by atoms with E-state index in [4.69, 9.17) is 9.88 Å². The van der Waals surface area contributed by atoms with Crippen LogP contribution in [0.4, 0.5) is 5.69 Å². The summed E-state index contributed by atoms with van der Waals surface area (Å²) in [5, 5.41) is 10.9. The molecule has 1 aromatic carbocycles. The van der Waals surface area contributed by atoms with Crippen LogP contribution in [-0.2, 0) is 19.6 Å². The Kier molecular flexibility index (Phi) is 4.62. The molecule has 7 nitrogen and oxygen atoms in total. The molecular weight excluding hydrogens is 294 g/mol. The van der Waals surface area contributed by atoms with E-state index in [1.54, 1.807) is 20.1 Å². The number of aryl methyl sites for hydroxylation is 1. The Hall–Kier alpha value is -1.48. The topological polar surface area (TPSA) is 111 Å². The van der Waals surface area contributed by atoms with Gasteiger partial charge in [-0.15, -0.1) is 0 Å². The maximum absolute atomic E-state index is 12.2. The van der Waals surface area contributed by atoms with Crippen molar-refractivity contribution in [1.82, 2.24) is 5.32 Å². The third kappa shape index (κ3) is 3.79. The molecule has 1 fully saturated rings. The Morgan fingerprint density at radius 1 is 1.48 bits per heavy atom. The summed E-state index contributed by atoms with van der Waals surface area (Å²) in [6.45, 7) is 2.40. The van der Waals surface area contributed by atoms with Crippen molar-refractivity contribution < 1.29 is 17.9 Å². The average molecular weight is 313 g/mol. The second kappa shape index (κ2) is 6.10. The van der Waals surface area contributed by atoms with Crippen LogP contribution in [0.25, 0.3) is 0 Å². The number of benzene rings is 1. The van der Waals surface area contributed by atoms with Crippen molar-refractivity contribution in [1.29, 1.82) is 0 Å². The van der Waals surface area contributed by atoms with E-state index in [0.717, 1.165) is 5.56 Å². The van der Waals surface area contributed by atoms with Crippen LogP contribution in [-0.4, -0.2) is 40.1 Å². The minimum atomic E-state index is -3.80. The molecule has 8 heteroatoms. The van der Waals surface area contributed by atoms with Crippen molar-refractivity contribution in [2.75, 3.05) is 19.0 Å². The third-order valence-electron chi connectivity index (χ3n) is 3.54. The largest absolute Gasteiger partial charge is 0.380 e. The maximum Gasteiger partial charge on any atom is 0.241 e. The number of primary sulfonamides is 1. The molecule has 21 heavy (non-hydrogen) atoms. The number of nitrogens with two attached hydrogens (primary N) is 1. The first kappa shape index (κ1) is 15.9. The van der Waals surface area contributed by atoms with Gasteiger partial charge in [0.1, 0.15) is 0 Å². The van der Waals surface area contributed by atoms with Gasteiger partial charge in [-0.25, -0.2) is 13.6 Å². The monoisotopic (exact) mass is 313 g/mol.